The van der Waals surface area contributed by atoms with Crippen LogP contribution in [0.25, 0.3) is 0 Å². The van der Waals surface area contributed by atoms with Crippen molar-refractivity contribution in [3.05, 3.63) is 34.4 Å². The molecule has 0 aliphatic heterocycles. The largest absolute Gasteiger partial charge is 0.484 e. The highest BCUT2D eigenvalue weighted by atomic mass is 16.6. The minimum absolute atomic E-state index is 0.0610. The van der Waals surface area contributed by atoms with Crippen LogP contribution in [0.15, 0.2) is 24.3 Å². The molecule has 0 saturated heterocycles. The molecule has 1 aliphatic carbocycles. The molecule has 2 rings (SSSR count). The average Bonchev–Trinajstić information content (AvgIpc) is 2.74. The zero-order valence-electron chi connectivity index (χ0n) is 9.46. The van der Waals surface area contributed by atoms with Crippen molar-refractivity contribution in [2.45, 2.75) is 31.3 Å². The molecule has 0 aromatic heterocycles. The lowest BCUT2D eigenvalue weighted by Crippen LogP contribution is -2.32. The molecule has 5 heteroatoms. The van der Waals surface area contributed by atoms with E-state index in [1.807, 2.05) is 0 Å². The molecule has 0 atom stereocenters. The summed E-state index contributed by atoms with van der Waals surface area (Å²) in [6, 6.07) is 6.22. The van der Waals surface area contributed by atoms with Crippen molar-refractivity contribution in [2.75, 3.05) is 6.61 Å². The predicted octanol–water partition coefficient (Wildman–Crippen LogP) is 2.28. The highest BCUT2D eigenvalue weighted by Gasteiger charge is 2.32. The zero-order chi connectivity index (χ0) is 12.3. The van der Waals surface area contributed by atoms with E-state index < -0.39 is 10.5 Å². The van der Waals surface area contributed by atoms with Crippen molar-refractivity contribution in [1.82, 2.24) is 0 Å². The Morgan fingerprint density at radius 1 is 1.35 bits per heavy atom. The van der Waals surface area contributed by atoms with Gasteiger partial charge in [-0.25, -0.2) is 0 Å². The second kappa shape index (κ2) is 4.71. The normalized spacial score (nSPS) is 17.9. The predicted molar refractivity (Wildman–Crippen MR) is 62.0 cm³/mol. The summed E-state index contributed by atoms with van der Waals surface area (Å²) in [5, 5.41) is 20.8. The third kappa shape index (κ3) is 2.74. The molecular weight excluding hydrogens is 222 g/mol. The van der Waals surface area contributed by atoms with Gasteiger partial charge in [0.15, 0.2) is 5.75 Å². The van der Waals surface area contributed by atoms with Crippen LogP contribution in [-0.4, -0.2) is 22.2 Å². The van der Waals surface area contributed by atoms with E-state index >= 15 is 0 Å². The minimum Gasteiger partial charge on any atom is -0.484 e. The van der Waals surface area contributed by atoms with Crippen LogP contribution in [0.2, 0.25) is 0 Å². The van der Waals surface area contributed by atoms with Gasteiger partial charge in [0.05, 0.1) is 10.5 Å². The number of ether oxygens (including phenoxy) is 1. The summed E-state index contributed by atoms with van der Waals surface area (Å²) in [5.74, 6) is 0.220. The lowest BCUT2D eigenvalue weighted by Gasteiger charge is -2.21. The van der Waals surface area contributed by atoms with Gasteiger partial charge in [0.25, 0.3) is 0 Å². The van der Waals surface area contributed by atoms with Gasteiger partial charge in [0.1, 0.15) is 6.61 Å². The Hall–Kier alpha value is -1.62. The van der Waals surface area contributed by atoms with Gasteiger partial charge in [-0.3, -0.25) is 10.1 Å². The monoisotopic (exact) mass is 237 g/mol. The Labute approximate surface area is 99.2 Å². The molecule has 92 valence electrons. The molecule has 5 nitrogen and oxygen atoms in total. The molecule has 0 amide bonds. The number of nitro groups is 1. The fourth-order valence-electron chi connectivity index (χ4n) is 2.12. The van der Waals surface area contributed by atoms with Crippen molar-refractivity contribution >= 4 is 5.69 Å². The first-order valence-electron chi connectivity index (χ1n) is 5.69. The molecule has 1 N–H and O–H groups in total. The molecule has 1 saturated carbocycles. The van der Waals surface area contributed by atoms with Crippen molar-refractivity contribution in [1.29, 1.82) is 0 Å². The SMILES string of the molecule is O=[N+]([O-])c1ccccc1OCC1(O)CCCC1. The summed E-state index contributed by atoms with van der Waals surface area (Å²) >= 11 is 0. The topological polar surface area (TPSA) is 72.6 Å². The van der Waals surface area contributed by atoms with E-state index in [9.17, 15) is 15.2 Å². The number of rotatable bonds is 4. The smallest absolute Gasteiger partial charge is 0.310 e. The van der Waals surface area contributed by atoms with Crippen LogP contribution < -0.4 is 4.74 Å². The lowest BCUT2D eigenvalue weighted by atomic mass is 10.0. The average molecular weight is 237 g/mol. The van der Waals surface area contributed by atoms with Crippen molar-refractivity contribution in [3.8, 4) is 5.75 Å². The standard InChI is InChI=1S/C12H15NO4/c14-12(7-3-4-8-12)9-17-11-6-2-1-5-10(11)13(15)16/h1-2,5-6,14H,3-4,7-9H2. The third-order valence-corrected chi connectivity index (χ3v) is 3.09. The Balaban J connectivity index is 2.06. The van der Waals surface area contributed by atoms with Gasteiger partial charge in [-0.1, -0.05) is 25.0 Å². The Kier molecular flexibility index (Phi) is 3.28. The molecule has 0 radical (unpaired) electrons. The van der Waals surface area contributed by atoms with Crippen molar-refractivity contribution < 1.29 is 14.8 Å². The van der Waals surface area contributed by atoms with Crippen LogP contribution in [-0.2, 0) is 0 Å². The Bertz CT molecular complexity index is 413. The van der Waals surface area contributed by atoms with E-state index in [1.54, 1.807) is 18.2 Å². The first kappa shape index (κ1) is 11.9. The van der Waals surface area contributed by atoms with E-state index in [2.05, 4.69) is 0 Å². The van der Waals surface area contributed by atoms with E-state index in [4.69, 9.17) is 4.74 Å². The maximum absolute atomic E-state index is 10.8. The highest BCUT2D eigenvalue weighted by Crippen LogP contribution is 2.32. The first-order chi connectivity index (χ1) is 8.11. The van der Waals surface area contributed by atoms with Gasteiger partial charge in [0, 0.05) is 6.07 Å². The Morgan fingerprint density at radius 2 is 2.00 bits per heavy atom. The van der Waals surface area contributed by atoms with E-state index in [0.717, 1.165) is 12.8 Å². The summed E-state index contributed by atoms with van der Waals surface area (Å²) in [5.41, 5.74) is -0.877. The molecule has 1 aromatic rings. The van der Waals surface area contributed by atoms with Gasteiger partial charge >= 0.3 is 5.69 Å². The summed E-state index contributed by atoms with van der Waals surface area (Å²) in [6.07, 6.45) is 3.37. The minimum atomic E-state index is -0.816. The molecule has 0 bridgehead atoms. The number of hydrogen-bond donors (Lipinski definition) is 1. The van der Waals surface area contributed by atoms with Gasteiger partial charge in [-0.2, -0.15) is 0 Å². The summed E-state index contributed by atoms with van der Waals surface area (Å²) < 4.78 is 5.39. The molecule has 0 spiro atoms. The fourth-order valence-corrected chi connectivity index (χ4v) is 2.12. The third-order valence-electron chi connectivity index (χ3n) is 3.09. The number of aliphatic hydroxyl groups is 1. The maximum atomic E-state index is 10.8. The van der Waals surface area contributed by atoms with Crippen LogP contribution in [0.4, 0.5) is 5.69 Å². The number of hydrogen-bond acceptors (Lipinski definition) is 4. The van der Waals surface area contributed by atoms with Crippen LogP contribution in [0.5, 0.6) is 5.75 Å². The first-order valence-corrected chi connectivity index (χ1v) is 5.69. The molecule has 1 aromatic carbocycles. The quantitative estimate of drug-likeness (QED) is 0.644. The second-order valence-corrected chi connectivity index (χ2v) is 4.44. The van der Waals surface area contributed by atoms with Crippen LogP contribution >= 0.6 is 0 Å². The summed E-state index contributed by atoms with van der Waals surface area (Å²) in [4.78, 5) is 10.3. The second-order valence-electron chi connectivity index (χ2n) is 4.44. The van der Waals surface area contributed by atoms with Gasteiger partial charge < -0.3 is 9.84 Å². The highest BCUT2D eigenvalue weighted by molar-refractivity contribution is 5.45. The maximum Gasteiger partial charge on any atom is 0.310 e. The zero-order valence-corrected chi connectivity index (χ0v) is 9.46. The summed E-state index contributed by atoms with van der Waals surface area (Å²) in [6.45, 7) is 0.123. The number of nitro benzene ring substituents is 1. The van der Waals surface area contributed by atoms with E-state index in [0.29, 0.717) is 12.8 Å². The van der Waals surface area contributed by atoms with Crippen molar-refractivity contribution in [2.24, 2.45) is 0 Å². The van der Waals surface area contributed by atoms with Crippen LogP contribution in [0.1, 0.15) is 25.7 Å². The van der Waals surface area contributed by atoms with Gasteiger partial charge in [-0.05, 0) is 18.9 Å². The van der Waals surface area contributed by atoms with Gasteiger partial charge in [0.2, 0.25) is 0 Å². The van der Waals surface area contributed by atoms with Crippen molar-refractivity contribution in [3.63, 3.8) is 0 Å². The number of benzene rings is 1. The van der Waals surface area contributed by atoms with E-state index in [1.165, 1.54) is 6.07 Å². The molecule has 0 heterocycles. The molecular formula is C12H15NO4. The molecule has 17 heavy (non-hydrogen) atoms. The Morgan fingerprint density at radius 3 is 2.65 bits per heavy atom. The number of nitrogens with zero attached hydrogens (tertiary/aromatic N) is 1. The molecule has 1 fully saturated rings. The summed E-state index contributed by atoms with van der Waals surface area (Å²) in [7, 11) is 0. The molecule has 0 unspecified atom stereocenters. The van der Waals surface area contributed by atoms with E-state index in [-0.39, 0.29) is 18.0 Å². The van der Waals surface area contributed by atoms with Gasteiger partial charge in [-0.15, -0.1) is 0 Å². The lowest BCUT2D eigenvalue weighted by molar-refractivity contribution is -0.386. The molecule has 1 aliphatic rings. The van der Waals surface area contributed by atoms with Crippen LogP contribution in [0, 0.1) is 10.1 Å². The fraction of sp³-hybridized carbons (Fsp3) is 0.500. The van der Waals surface area contributed by atoms with Crippen LogP contribution in [0.3, 0.4) is 0 Å². The number of para-hydroxylation sites is 2.